The Morgan fingerprint density at radius 2 is 2.08 bits per heavy atom. The Balaban J connectivity index is 1.71. The van der Waals surface area contributed by atoms with Crippen molar-refractivity contribution >= 4 is 17.3 Å². The van der Waals surface area contributed by atoms with Crippen molar-refractivity contribution in [2.75, 3.05) is 38.2 Å². The van der Waals surface area contributed by atoms with Gasteiger partial charge in [0.05, 0.1) is 17.7 Å². The highest BCUT2D eigenvalue weighted by Gasteiger charge is 2.30. The summed E-state index contributed by atoms with van der Waals surface area (Å²) in [5, 5.41) is 16.9. The predicted molar refractivity (Wildman–Crippen MR) is 86.3 cm³/mol. The molecule has 1 aromatic carbocycles. The SMILES string of the molecule is COc1cc(F)ccc1N1CCN(C(=O)c2[nH]ncc2[N+](=O)[O-])CC1. The molecular formula is C15H16FN5O4. The van der Waals surface area contributed by atoms with Gasteiger partial charge in [-0.1, -0.05) is 0 Å². The first-order valence-corrected chi connectivity index (χ1v) is 7.56. The lowest BCUT2D eigenvalue weighted by Gasteiger charge is -2.36. The van der Waals surface area contributed by atoms with Crippen LogP contribution < -0.4 is 9.64 Å². The van der Waals surface area contributed by atoms with Gasteiger partial charge < -0.3 is 14.5 Å². The van der Waals surface area contributed by atoms with Crippen LogP contribution in [0.15, 0.2) is 24.4 Å². The monoisotopic (exact) mass is 349 g/mol. The van der Waals surface area contributed by atoms with Crippen molar-refractivity contribution in [1.82, 2.24) is 15.1 Å². The topological polar surface area (TPSA) is 105 Å². The molecule has 1 aliphatic heterocycles. The molecule has 132 valence electrons. The van der Waals surface area contributed by atoms with Crippen molar-refractivity contribution in [1.29, 1.82) is 0 Å². The maximum Gasteiger partial charge on any atom is 0.319 e. The number of aromatic amines is 1. The number of nitrogens with one attached hydrogen (secondary N) is 1. The highest BCUT2D eigenvalue weighted by atomic mass is 19.1. The zero-order chi connectivity index (χ0) is 18.0. The Morgan fingerprint density at radius 3 is 2.72 bits per heavy atom. The zero-order valence-corrected chi connectivity index (χ0v) is 13.4. The summed E-state index contributed by atoms with van der Waals surface area (Å²) >= 11 is 0. The van der Waals surface area contributed by atoms with Gasteiger partial charge in [-0.25, -0.2) is 4.39 Å². The maximum absolute atomic E-state index is 13.3. The van der Waals surface area contributed by atoms with Gasteiger partial charge in [0.2, 0.25) is 5.69 Å². The molecule has 0 aliphatic carbocycles. The van der Waals surface area contributed by atoms with Crippen LogP contribution in [0.4, 0.5) is 15.8 Å². The Bertz CT molecular complexity index is 801. The van der Waals surface area contributed by atoms with Gasteiger partial charge >= 0.3 is 5.69 Å². The number of anilines is 1. The lowest BCUT2D eigenvalue weighted by Crippen LogP contribution is -2.49. The van der Waals surface area contributed by atoms with Crippen LogP contribution in [-0.2, 0) is 0 Å². The average Bonchev–Trinajstić information content (AvgIpc) is 3.11. The number of carbonyl (C=O) groups excluding carboxylic acids is 1. The van der Waals surface area contributed by atoms with Crippen LogP contribution in [0.3, 0.4) is 0 Å². The molecule has 0 atom stereocenters. The summed E-state index contributed by atoms with van der Waals surface area (Å²) in [5.41, 5.74) is 0.272. The first-order valence-electron chi connectivity index (χ1n) is 7.56. The second kappa shape index (κ2) is 6.75. The van der Waals surface area contributed by atoms with Crippen LogP contribution in [0.25, 0.3) is 0 Å². The number of carbonyl (C=O) groups is 1. The molecule has 25 heavy (non-hydrogen) atoms. The van der Waals surface area contributed by atoms with E-state index in [-0.39, 0.29) is 17.2 Å². The molecular weight excluding hydrogens is 333 g/mol. The lowest BCUT2D eigenvalue weighted by molar-refractivity contribution is -0.385. The number of H-pyrrole nitrogens is 1. The minimum absolute atomic E-state index is 0.127. The fraction of sp³-hybridized carbons (Fsp3) is 0.333. The number of rotatable bonds is 4. The molecule has 1 amide bonds. The number of hydrogen-bond donors (Lipinski definition) is 1. The second-order valence-electron chi connectivity index (χ2n) is 5.48. The van der Waals surface area contributed by atoms with E-state index in [9.17, 15) is 19.3 Å². The quantitative estimate of drug-likeness (QED) is 0.661. The Kier molecular flexibility index (Phi) is 4.50. The number of nitrogens with zero attached hydrogens (tertiary/aromatic N) is 4. The van der Waals surface area contributed by atoms with Crippen LogP contribution in [0, 0.1) is 15.9 Å². The van der Waals surface area contributed by atoms with Gasteiger partial charge in [0.15, 0.2) is 0 Å². The van der Waals surface area contributed by atoms with Gasteiger partial charge in [0.25, 0.3) is 5.91 Å². The third kappa shape index (κ3) is 3.23. The summed E-state index contributed by atoms with van der Waals surface area (Å²) in [6.45, 7) is 1.73. The largest absolute Gasteiger partial charge is 0.494 e. The Hall–Kier alpha value is -3.17. The molecule has 0 spiro atoms. The maximum atomic E-state index is 13.3. The summed E-state index contributed by atoms with van der Waals surface area (Å²) in [6, 6.07) is 4.29. The number of methoxy groups -OCH3 is 1. The number of halogens is 1. The minimum atomic E-state index is -0.642. The molecule has 1 aliphatic rings. The Labute approximate surface area is 142 Å². The molecule has 1 aromatic heterocycles. The smallest absolute Gasteiger partial charge is 0.319 e. The number of ether oxygens (including phenoxy) is 1. The molecule has 0 saturated carbocycles. The summed E-state index contributed by atoms with van der Waals surface area (Å²) in [7, 11) is 1.47. The number of nitro groups is 1. The van der Waals surface area contributed by atoms with Crippen molar-refractivity contribution < 1.29 is 18.8 Å². The average molecular weight is 349 g/mol. The van der Waals surface area contributed by atoms with Gasteiger partial charge in [0.1, 0.15) is 17.8 Å². The molecule has 9 nitrogen and oxygen atoms in total. The molecule has 2 aromatic rings. The molecule has 0 bridgehead atoms. The number of benzene rings is 1. The molecule has 0 unspecified atom stereocenters. The number of hydrogen-bond acceptors (Lipinski definition) is 6. The highest BCUT2D eigenvalue weighted by Crippen LogP contribution is 2.30. The minimum Gasteiger partial charge on any atom is -0.494 e. The summed E-state index contributed by atoms with van der Waals surface area (Å²) in [6.07, 6.45) is 1.02. The van der Waals surface area contributed by atoms with E-state index >= 15 is 0 Å². The molecule has 1 fully saturated rings. The van der Waals surface area contributed by atoms with E-state index in [1.165, 1.54) is 24.1 Å². The standard InChI is InChI=1S/C15H16FN5O4/c1-25-13-8-10(16)2-3-11(13)19-4-6-20(7-5-19)15(22)14-12(21(23)24)9-17-18-14/h2-3,8-9H,4-7H2,1H3,(H,17,18). The van der Waals surface area contributed by atoms with Gasteiger partial charge in [-0.05, 0) is 12.1 Å². The van der Waals surface area contributed by atoms with Crippen LogP contribution in [0.2, 0.25) is 0 Å². The summed E-state index contributed by atoms with van der Waals surface area (Å²) in [5.74, 6) is -0.431. The van der Waals surface area contributed by atoms with E-state index < -0.39 is 10.8 Å². The van der Waals surface area contributed by atoms with Crippen LogP contribution in [0.1, 0.15) is 10.5 Å². The molecule has 1 N–H and O–H groups in total. The lowest BCUT2D eigenvalue weighted by atomic mass is 10.2. The van der Waals surface area contributed by atoms with Crippen LogP contribution in [-0.4, -0.2) is 59.2 Å². The van der Waals surface area contributed by atoms with Gasteiger partial charge in [-0.3, -0.25) is 20.0 Å². The van der Waals surface area contributed by atoms with E-state index in [2.05, 4.69) is 10.2 Å². The van der Waals surface area contributed by atoms with Crippen molar-refractivity contribution in [3.05, 3.63) is 46.0 Å². The number of piperazine rings is 1. The van der Waals surface area contributed by atoms with Gasteiger partial charge in [-0.2, -0.15) is 5.10 Å². The van der Waals surface area contributed by atoms with E-state index in [0.29, 0.717) is 31.9 Å². The summed E-state index contributed by atoms with van der Waals surface area (Å²) in [4.78, 5) is 26.2. The van der Waals surface area contributed by atoms with Gasteiger partial charge in [0, 0.05) is 32.2 Å². The predicted octanol–water partition coefficient (Wildman–Crippen LogP) is 1.43. The second-order valence-corrected chi connectivity index (χ2v) is 5.48. The van der Waals surface area contributed by atoms with Crippen molar-refractivity contribution in [2.45, 2.75) is 0 Å². The van der Waals surface area contributed by atoms with Gasteiger partial charge in [-0.15, -0.1) is 0 Å². The number of aromatic nitrogens is 2. The van der Waals surface area contributed by atoms with E-state index in [1.807, 2.05) is 4.90 Å². The van der Waals surface area contributed by atoms with Crippen molar-refractivity contribution in [3.63, 3.8) is 0 Å². The highest BCUT2D eigenvalue weighted by molar-refractivity contribution is 5.96. The fourth-order valence-electron chi connectivity index (χ4n) is 2.80. The first kappa shape index (κ1) is 16.7. The van der Waals surface area contributed by atoms with Crippen LogP contribution >= 0.6 is 0 Å². The summed E-state index contributed by atoms with van der Waals surface area (Å²) < 4.78 is 18.5. The van der Waals surface area contributed by atoms with Crippen molar-refractivity contribution in [3.8, 4) is 5.75 Å². The first-order chi connectivity index (χ1) is 12.0. The molecule has 3 rings (SSSR count). The van der Waals surface area contributed by atoms with E-state index in [4.69, 9.17) is 4.74 Å². The molecule has 0 radical (unpaired) electrons. The van der Waals surface area contributed by atoms with E-state index in [1.54, 1.807) is 6.07 Å². The third-order valence-electron chi connectivity index (χ3n) is 4.08. The molecule has 1 saturated heterocycles. The van der Waals surface area contributed by atoms with Crippen LogP contribution in [0.5, 0.6) is 5.75 Å². The van der Waals surface area contributed by atoms with Crippen molar-refractivity contribution in [2.24, 2.45) is 0 Å². The molecule has 10 heteroatoms. The fourth-order valence-corrected chi connectivity index (χ4v) is 2.80. The van der Waals surface area contributed by atoms with E-state index in [0.717, 1.165) is 11.9 Å². The Morgan fingerprint density at radius 1 is 1.36 bits per heavy atom. The normalized spacial score (nSPS) is 14.5. The molecule has 2 heterocycles. The number of amides is 1. The zero-order valence-electron chi connectivity index (χ0n) is 13.4. The third-order valence-corrected chi connectivity index (χ3v) is 4.08.